The van der Waals surface area contributed by atoms with E-state index in [2.05, 4.69) is 29.9 Å². The monoisotopic (exact) mass is 680 g/mol. The van der Waals surface area contributed by atoms with Crippen molar-refractivity contribution in [3.05, 3.63) is 105 Å². The number of carbonyl (C=O) groups excluding carboxylic acids is 1. The molecule has 1 saturated heterocycles. The molecule has 4 heterocycles. The molecule has 3 N–H and O–H groups in total. The van der Waals surface area contributed by atoms with Crippen LogP contribution in [0.3, 0.4) is 0 Å². The molecule has 4 bridgehead atoms. The number of ether oxygens (including phenoxy) is 2. The number of nitrogens with one attached hydrogen (secondary N) is 3. The van der Waals surface area contributed by atoms with E-state index in [0.29, 0.717) is 55.0 Å². The number of nitrogens with zero attached hydrogens (tertiary/aromatic N) is 3. The summed E-state index contributed by atoms with van der Waals surface area (Å²) in [7, 11) is -2.56. The van der Waals surface area contributed by atoms with E-state index >= 15 is 0 Å². The van der Waals surface area contributed by atoms with Gasteiger partial charge in [-0.2, -0.15) is 4.98 Å². The Morgan fingerprint density at radius 3 is 2.45 bits per heavy atom. The number of aromatic nitrogens is 3. The van der Waals surface area contributed by atoms with E-state index < -0.39 is 21.5 Å². The molecule has 0 saturated carbocycles. The van der Waals surface area contributed by atoms with Crippen molar-refractivity contribution in [1.29, 1.82) is 0 Å². The number of hydrogen-bond donors (Lipinski definition) is 3. The van der Waals surface area contributed by atoms with Gasteiger partial charge in [0.1, 0.15) is 11.4 Å². The van der Waals surface area contributed by atoms with E-state index in [1.165, 1.54) is 18.2 Å². The van der Waals surface area contributed by atoms with Gasteiger partial charge < -0.3 is 19.8 Å². The van der Waals surface area contributed by atoms with E-state index in [9.17, 15) is 18.0 Å². The van der Waals surface area contributed by atoms with Crippen LogP contribution in [-0.4, -0.2) is 66.5 Å². The molecule has 12 nitrogen and oxygen atoms in total. The minimum atomic E-state index is -4.14. The number of H-pyrrole nitrogens is 1. The molecule has 0 unspecified atom stereocenters. The first kappa shape index (κ1) is 32.3. The number of methoxy groups -OCH3 is 1. The lowest BCUT2D eigenvalue weighted by Crippen LogP contribution is -2.54. The summed E-state index contributed by atoms with van der Waals surface area (Å²) in [4.78, 5) is 40.6. The van der Waals surface area contributed by atoms with Crippen LogP contribution in [0.15, 0.2) is 82.5 Å². The van der Waals surface area contributed by atoms with Crippen molar-refractivity contribution in [2.75, 3.05) is 31.5 Å². The Balaban J connectivity index is 1.23. The van der Waals surface area contributed by atoms with Crippen LogP contribution in [0.5, 0.6) is 11.6 Å². The van der Waals surface area contributed by atoms with E-state index in [4.69, 9.17) is 9.47 Å². The molecular formula is C36H36N6O6S. The second-order valence-corrected chi connectivity index (χ2v) is 14.3. The largest absolute Gasteiger partial charge is 0.497 e. The number of anilines is 1. The first-order valence-electron chi connectivity index (χ1n) is 16.0. The Labute approximate surface area is 283 Å². The zero-order valence-electron chi connectivity index (χ0n) is 27.4. The standard InChI is InChI=1S/C36H36N6O6S/c1-22-6-4-7-23(2)32(22)30-19-31-40-35(39-30)41-49(45,46)28-9-5-8-25(17-28)33(43)37-21-36(48-31)12-14-42(15-13-36)20-26-16-24-10-11-27(47-3)18-29(24)38-34(26)44/h4-11,16-19H,12-15,20-21H2,1-3H3,(H,37,43)(H,38,44)(H,39,40,41). The molecule has 1 spiro atoms. The third kappa shape index (κ3) is 6.59. The molecule has 13 heteroatoms. The highest BCUT2D eigenvalue weighted by Gasteiger charge is 2.38. The lowest BCUT2D eigenvalue weighted by molar-refractivity contribution is -0.00276. The topological polar surface area (TPSA) is 156 Å². The minimum Gasteiger partial charge on any atom is -0.497 e. The molecule has 2 aliphatic rings. The van der Waals surface area contributed by atoms with E-state index in [1.807, 2.05) is 50.2 Å². The van der Waals surface area contributed by atoms with Gasteiger partial charge in [0.15, 0.2) is 0 Å². The molecule has 1 fully saturated rings. The average Bonchev–Trinajstić information content (AvgIpc) is 3.08. The number of hydrogen-bond acceptors (Lipinski definition) is 9. The molecule has 0 radical (unpaired) electrons. The molecule has 2 aromatic heterocycles. The van der Waals surface area contributed by atoms with Crippen LogP contribution >= 0.6 is 0 Å². The van der Waals surface area contributed by atoms with Crippen LogP contribution in [0, 0.1) is 13.8 Å². The van der Waals surface area contributed by atoms with Crippen LogP contribution in [0.2, 0.25) is 0 Å². The summed E-state index contributed by atoms with van der Waals surface area (Å²) in [6, 6.07) is 20.9. The van der Waals surface area contributed by atoms with Gasteiger partial charge in [0, 0.05) is 61.3 Å². The summed E-state index contributed by atoms with van der Waals surface area (Å²) in [5.41, 5.74) is 3.77. The van der Waals surface area contributed by atoms with Crippen molar-refractivity contribution in [3.63, 3.8) is 0 Å². The predicted molar refractivity (Wildman–Crippen MR) is 186 cm³/mol. The van der Waals surface area contributed by atoms with Crippen molar-refractivity contribution in [2.45, 2.75) is 43.7 Å². The lowest BCUT2D eigenvalue weighted by Gasteiger charge is -2.41. The van der Waals surface area contributed by atoms with Crippen LogP contribution in [-0.2, 0) is 16.6 Å². The van der Waals surface area contributed by atoms with Crippen molar-refractivity contribution < 1.29 is 22.7 Å². The molecular weight excluding hydrogens is 644 g/mol. The molecule has 0 aliphatic carbocycles. The molecule has 1 amide bonds. The molecule has 3 aromatic carbocycles. The SMILES string of the molecule is COc1ccc2cc(CN3CCC4(CC3)CNC(=O)c3cccc(c3)S(=O)(=O)Nc3nc(cc(-c5c(C)cccc5C)n3)O4)c(=O)[nH]c2c1. The van der Waals surface area contributed by atoms with Crippen molar-refractivity contribution in [1.82, 2.24) is 25.2 Å². The highest BCUT2D eigenvalue weighted by Crippen LogP contribution is 2.34. The van der Waals surface area contributed by atoms with Crippen molar-refractivity contribution in [3.8, 4) is 22.9 Å². The third-order valence-corrected chi connectivity index (χ3v) is 10.6. The lowest BCUT2D eigenvalue weighted by atomic mass is 9.90. The number of benzene rings is 3. The summed E-state index contributed by atoms with van der Waals surface area (Å²) in [5.74, 6) is 0.286. The Morgan fingerprint density at radius 1 is 0.939 bits per heavy atom. The number of rotatable bonds is 4. The maximum absolute atomic E-state index is 13.5. The number of carbonyl (C=O) groups is 1. The van der Waals surface area contributed by atoms with Crippen LogP contribution in [0.1, 0.15) is 39.9 Å². The maximum atomic E-state index is 13.5. The number of fused-ring (bicyclic) bond motifs is 5. The van der Waals surface area contributed by atoms with Gasteiger partial charge >= 0.3 is 0 Å². The summed E-state index contributed by atoms with van der Waals surface area (Å²) in [6.07, 6.45) is 1.000. The second kappa shape index (κ2) is 12.6. The van der Waals surface area contributed by atoms with Gasteiger partial charge in [0.25, 0.3) is 21.5 Å². The van der Waals surface area contributed by atoms with Crippen molar-refractivity contribution in [2.24, 2.45) is 0 Å². The molecule has 49 heavy (non-hydrogen) atoms. The first-order chi connectivity index (χ1) is 23.5. The first-order valence-corrected chi connectivity index (χ1v) is 17.5. The normalized spacial score (nSPS) is 17.2. The van der Waals surface area contributed by atoms with Gasteiger partial charge in [-0.25, -0.2) is 18.1 Å². The summed E-state index contributed by atoms with van der Waals surface area (Å²) >= 11 is 0. The quantitative estimate of drug-likeness (QED) is 0.248. The summed E-state index contributed by atoms with van der Waals surface area (Å²) in [5, 5.41) is 3.89. The molecule has 5 aromatic rings. The van der Waals surface area contributed by atoms with E-state index in [-0.39, 0.29) is 34.4 Å². The highest BCUT2D eigenvalue weighted by atomic mass is 32.2. The Bertz CT molecular complexity index is 2240. The molecule has 7 rings (SSSR count). The van der Waals surface area contributed by atoms with Crippen LogP contribution in [0.4, 0.5) is 5.95 Å². The van der Waals surface area contributed by atoms with Crippen molar-refractivity contribution >= 4 is 32.8 Å². The van der Waals surface area contributed by atoms with Gasteiger partial charge in [-0.05, 0) is 66.8 Å². The summed E-state index contributed by atoms with van der Waals surface area (Å²) in [6.45, 7) is 5.66. The Hall–Kier alpha value is -5.27. The number of amides is 1. The van der Waals surface area contributed by atoms with E-state index in [1.54, 1.807) is 25.3 Å². The fourth-order valence-electron chi connectivity index (χ4n) is 6.56. The predicted octanol–water partition coefficient (Wildman–Crippen LogP) is 4.57. The highest BCUT2D eigenvalue weighted by molar-refractivity contribution is 7.92. The fourth-order valence-corrected chi connectivity index (χ4v) is 7.55. The number of aryl methyl sites for hydroxylation is 2. The summed E-state index contributed by atoms with van der Waals surface area (Å²) < 4.78 is 41.4. The zero-order chi connectivity index (χ0) is 34.3. The zero-order valence-corrected chi connectivity index (χ0v) is 28.2. The number of sulfonamides is 1. The molecule has 2 aliphatic heterocycles. The molecule has 252 valence electrons. The average molecular weight is 681 g/mol. The Kier molecular flexibility index (Phi) is 8.33. The van der Waals surface area contributed by atoms with Gasteiger partial charge in [-0.15, -0.1) is 0 Å². The van der Waals surface area contributed by atoms with Crippen LogP contribution < -0.4 is 25.1 Å². The Morgan fingerprint density at radius 2 is 1.69 bits per heavy atom. The number of piperidine rings is 1. The maximum Gasteiger partial charge on any atom is 0.264 e. The number of aromatic amines is 1. The number of likely N-dealkylation sites (tertiary alicyclic amines) is 1. The minimum absolute atomic E-state index is 0.0891. The molecule has 0 atom stereocenters. The van der Waals surface area contributed by atoms with Crippen LogP contribution in [0.25, 0.3) is 22.2 Å². The third-order valence-electron chi connectivity index (χ3n) is 9.26. The van der Waals surface area contributed by atoms with Gasteiger partial charge in [-0.1, -0.05) is 24.3 Å². The second-order valence-electron chi connectivity index (χ2n) is 12.6. The van der Waals surface area contributed by atoms with E-state index in [0.717, 1.165) is 22.1 Å². The fraction of sp³-hybridized carbons (Fsp3) is 0.278. The smallest absolute Gasteiger partial charge is 0.264 e. The van der Waals surface area contributed by atoms with Gasteiger partial charge in [0.05, 0.1) is 29.8 Å². The van der Waals surface area contributed by atoms with Gasteiger partial charge in [-0.3, -0.25) is 14.5 Å². The van der Waals surface area contributed by atoms with Gasteiger partial charge in [0.2, 0.25) is 11.8 Å². The number of pyridine rings is 1.